The van der Waals surface area contributed by atoms with Crippen LogP contribution >= 0.6 is 0 Å². The number of aryl methyl sites for hydroxylation is 1. The molecule has 0 saturated carbocycles. The van der Waals surface area contributed by atoms with Gasteiger partial charge in [0, 0.05) is 11.3 Å². The van der Waals surface area contributed by atoms with Crippen molar-refractivity contribution in [3.05, 3.63) is 32.9 Å². The van der Waals surface area contributed by atoms with E-state index in [9.17, 15) is 15.2 Å². The van der Waals surface area contributed by atoms with Gasteiger partial charge in [-0.3, -0.25) is 10.1 Å². The molecule has 1 rings (SSSR count). The first-order valence-corrected chi connectivity index (χ1v) is 11.4. The number of hydrogen-bond acceptors (Lipinski definition) is 5. The number of hydrogen-bond donors (Lipinski definition) is 1. The van der Waals surface area contributed by atoms with Crippen LogP contribution in [0.15, 0.2) is 6.07 Å². The van der Waals surface area contributed by atoms with Gasteiger partial charge >= 0.3 is 0 Å². The average Bonchev–Trinajstić information content (AvgIpc) is 2.45. The van der Waals surface area contributed by atoms with Gasteiger partial charge in [0.05, 0.1) is 7.11 Å². The highest BCUT2D eigenvalue weighted by molar-refractivity contribution is 6.74. The first-order chi connectivity index (χ1) is 11.3. The molecule has 0 saturated heterocycles. The first kappa shape index (κ1) is 21.4. The van der Waals surface area contributed by atoms with Gasteiger partial charge in [-0.15, -0.1) is 0 Å². The van der Waals surface area contributed by atoms with E-state index in [-0.39, 0.29) is 22.3 Å². The topological polar surface area (TPSA) is 81.8 Å². The van der Waals surface area contributed by atoms with Gasteiger partial charge in [0.25, 0.3) is 0 Å². The first-order valence-electron chi connectivity index (χ1n) is 8.45. The average molecular weight is 370 g/mol. The summed E-state index contributed by atoms with van der Waals surface area (Å²) in [5.74, 6) is 0.491. The molecule has 1 N–H and O–H groups in total. The largest absolute Gasteiger partial charge is 0.504 e. The molecule has 0 fully saturated rings. The van der Waals surface area contributed by atoms with E-state index in [2.05, 4.69) is 33.9 Å². The summed E-state index contributed by atoms with van der Waals surface area (Å²) in [7, 11) is -0.643. The van der Waals surface area contributed by atoms with E-state index in [1.165, 1.54) is 7.11 Å². The van der Waals surface area contributed by atoms with Crippen LogP contribution in [0.3, 0.4) is 0 Å². The summed E-state index contributed by atoms with van der Waals surface area (Å²) in [4.78, 5) is 10.8. The van der Waals surface area contributed by atoms with Crippen molar-refractivity contribution < 1.29 is 19.2 Å². The van der Waals surface area contributed by atoms with Gasteiger partial charge in [-0.2, -0.15) is 0 Å². The van der Waals surface area contributed by atoms with Crippen LogP contribution in [-0.4, -0.2) is 38.1 Å². The Morgan fingerprint density at radius 3 is 2.32 bits per heavy atom. The second kappa shape index (κ2) is 7.74. The van der Waals surface area contributed by atoms with Crippen molar-refractivity contribution in [3.8, 4) is 11.5 Å². The minimum Gasteiger partial charge on any atom is -0.504 e. The van der Waals surface area contributed by atoms with Gasteiger partial charge in [0.15, 0.2) is 19.8 Å². The molecule has 0 bridgehead atoms. The van der Waals surface area contributed by atoms with Gasteiger partial charge in [-0.1, -0.05) is 20.8 Å². The SMILES string of the molecule is COc1cc(C)c(CC(C[N+](=O)[O-])O[Si](C)(C)C(C)(C)C)c(C)c1O. The second-order valence-corrected chi connectivity index (χ2v) is 12.8. The molecule has 6 nitrogen and oxygen atoms in total. The predicted octanol–water partition coefficient (Wildman–Crippen LogP) is 4.23. The third-order valence-corrected chi connectivity index (χ3v) is 9.67. The minimum atomic E-state index is -2.15. The third kappa shape index (κ3) is 5.18. The number of nitrogens with zero attached hydrogens (tertiary/aromatic N) is 1. The lowest BCUT2D eigenvalue weighted by Crippen LogP contribution is -2.46. The van der Waals surface area contributed by atoms with Gasteiger partial charge in [-0.05, 0) is 54.7 Å². The number of phenols is 1. The summed E-state index contributed by atoms with van der Waals surface area (Å²) in [6.07, 6.45) is -0.135. The molecule has 0 amide bonds. The second-order valence-electron chi connectivity index (χ2n) is 8.07. The third-order valence-electron chi connectivity index (χ3n) is 5.14. The number of ether oxygens (including phenoxy) is 1. The molecular formula is C18H31NO5Si. The van der Waals surface area contributed by atoms with Crippen LogP contribution in [0.2, 0.25) is 18.1 Å². The number of nitro groups is 1. The molecule has 7 heteroatoms. The van der Waals surface area contributed by atoms with Crippen LogP contribution in [-0.2, 0) is 10.8 Å². The fraction of sp³-hybridized carbons (Fsp3) is 0.667. The summed E-state index contributed by atoms with van der Waals surface area (Å²) in [5.41, 5.74) is 2.49. The van der Waals surface area contributed by atoms with Gasteiger partial charge in [0.2, 0.25) is 6.54 Å². The standard InChI is InChI=1S/C18H31NO5Si/c1-12-9-16(23-6)17(20)13(2)15(12)10-14(11-19(21)22)24-25(7,8)18(3,4)5/h9,14,20H,10-11H2,1-8H3. The number of phenolic OH excluding ortho intramolecular Hbond substituents is 1. The molecule has 0 aromatic heterocycles. The zero-order chi connectivity index (χ0) is 19.6. The Labute approximate surface area is 151 Å². The molecule has 25 heavy (non-hydrogen) atoms. The summed E-state index contributed by atoms with van der Waals surface area (Å²) in [5, 5.41) is 21.4. The molecule has 0 aliphatic rings. The van der Waals surface area contributed by atoms with Crippen LogP contribution < -0.4 is 4.74 Å². The monoisotopic (exact) mass is 369 g/mol. The number of methoxy groups -OCH3 is 1. The van der Waals surface area contributed by atoms with Gasteiger partial charge < -0.3 is 14.3 Å². The maximum Gasteiger partial charge on any atom is 0.228 e. The van der Waals surface area contributed by atoms with E-state index in [1.54, 1.807) is 13.0 Å². The quantitative estimate of drug-likeness (QED) is 0.442. The van der Waals surface area contributed by atoms with E-state index < -0.39 is 14.4 Å². The number of benzene rings is 1. The lowest BCUT2D eigenvalue weighted by atomic mass is 9.96. The molecule has 0 heterocycles. The van der Waals surface area contributed by atoms with Crippen LogP contribution in [0, 0.1) is 24.0 Å². The van der Waals surface area contributed by atoms with E-state index in [0.29, 0.717) is 17.7 Å². The number of rotatable bonds is 7. The van der Waals surface area contributed by atoms with Crippen molar-refractivity contribution in [2.45, 2.75) is 65.3 Å². The summed E-state index contributed by atoms with van der Waals surface area (Å²) in [6, 6.07) is 1.76. The molecule has 0 radical (unpaired) electrons. The van der Waals surface area contributed by atoms with E-state index >= 15 is 0 Å². The highest BCUT2D eigenvalue weighted by atomic mass is 28.4. The Morgan fingerprint density at radius 1 is 1.32 bits per heavy atom. The van der Waals surface area contributed by atoms with Crippen molar-refractivity contribution in [1.82, 2.24) is 0 Å². The lowest BCUT2D eigenvalue weighted by Gasteiger charge is -2.38. The van der Waals surface area contributed by atoms with Crippen molar-refractivity contribution in [3.63, 3.8) is 0 Å². The summed E-state index contributed by atoms with van der Waals surface area (Å²) >= 11 is 0. The Morgan fingerprint density at radius 2 is 1.88 bits per heavy atom. The fourth-order valence-electron chi connectivity index (χ4n) is 2.58. The lowest BCUT2D eigenvalue weighted by molar-refractivity contribution is -0.489. The summed E-state index contributed by atoms with van der Waals surface area (Å²) < 4.78 is 11.5. The zero-order valence-corrected chi connectivity index (χ0v) is 17.6. The fourth-order valence-corrected chi connectivity index (χ4v) is 3.92. The molecular weight excluding hydrogens is 338 g/mol. The zero-order valence-electron chi connectivity index (χ0n) is 16.6. The van der Waals surface area contributed by atoms with E-state index in [0.717, 1.165) is 11.1 Å². The molecule has 1 aromatic rings. The molecule has 1 aromatic carbocycles. The number of aromatic hydroxyl groups is 1. The normalized spacial score (nSPS) is 13.6. The Balaban J connectivity index is 3.20. The van der Waals surface area contributed by atoms with Crippen molar-refractivity contribution in [2.24, 2.45) is 0 Å². The van der Waals surface area contributed by atoms with E-state index in [4.69, 9.17) is 9.16 Å². The van der Waals surface area contributed by atoms with Gasteiger partial charge in [-0.25, -0.2) is 0 Å². The van der Waals surface area contributed by atoms with Crippen LogP contribution in [0.5, 0.6) is 11.5 Å². The molecule has 142 valence electrons. The highest BCUT2D eigenvalue weighted by Gasteiger charge is 2.40. The summed E-state index contributed by atoms with van der Waals surface area (Å²) in [6.45, 7) is 14.0. The molecule has 1 unspecified atom stereocenters. The van der Waals surface area contributed by atoms with Crippen molar-refractivity contribution in [1.29, 1.82) is 0 Å². The predicted molar refractivity (Wildman–Crippen MR) is 102 cm³/mol. The molecule has 0 aliphatic heterocycles. The molecule has 0 spiro atoms. The van der Waals surface area contributed by atoms with Crippen molar-refractivity contribution in [2.75, 3.05) is 13.7 Å². The molecule has 0 aliphatic carbocycles. The van der Waals surface area contributed by atoms with Crippen LogP contribution in [0.1, 0.15) is 37.5 Å². The Bertz CT molecular complexity index is 637. The minimum absolute atomic E-state index is 0.0337. The maximum atomic E-state index is 11.1. The maximum absolute atomic E-state index is 11.1. The Kier molecular flexibility index (Phi) is 6.64. The smallest absolute Gasteiger partial charge is 0.228 e. The van der Waals surface area contributed by atoms with Gasteiger partial charge in [0.1, 0.15) is 6.10 Å². The van der Waals surface area contributed by atoms with E-state index in [1.807, 2.05) is 6.92 Å². The molecule has 1 atom stereocenters. The Hall–Kier alpha value is -1.60. The highest BCUT2D eigenvalue weighted by Crippen LogP contribution is 2.39. The van der Waals surface area contributed by atoms with Crippen LogP contribution in [0.4, 0.5) is 0 Å². The van der Waals surface area contributed by atoms with Crippen LogP contribution in [0.25, 0.3) is 0 Å². The van der Waals surface area contributed by atoms with Crippen molar-refractivity contribution >= 4 is 8.32 Å².